The van der Waals surface area contributed by atoms with Crippen LogP contribution in [0.25, 0.3) is 0 Å². The van der Waals surface area contributed by atoms with Crippen molar-refractivity contribution in [3.8, 4) is 0 Å². The first-order chi connectivity index (χ1) is 17.6. The zero-order valence-corrected chi connectivity index (χ0v) is 25.3. The smallest absolute Gasteiger partial charge is 0.302 e. The van der Waals surface area contributed by atoms with Gasteiger partial charge in [0.1, 0.15) is 6.10 Å². The normalized spacial score (nSPS) is 46.7. The van der Waals surface area contributed by atoms with Crippen LogP contribution in [0, 0.1) is 50.7 Å². The van der Waals surface area contributed by atoms with E-state index in [1.54, 1.807) is 6.92 Å². The molecule has 214 valence electrons. The molecule has 0 unspecified atom stereocenters. The van der Waals surface area contributed by atoms with E-state index < -0.39 is 11.5 Å². The number of ketones is 1. The van der Waals surface area contributed by atoms with Gasteiger partial charge in [-0.15, -0.1) is 0 Å². The van der Waals surface area contributed by atoms with Crippen molar-refractivity contribution in [2.24, 2.45) is 56.5 Å². The third-order valence-electron chi connectivity index (χ3n) is 13.6. The lowest BCUT2D eigenvalue weighted by Gasteiger charge is -2.72. The van der Waals surface area contributed by atoms with Gasteiger partial charge < -0.3 is 15.6 Å². The van der Waals surface area contributed by atoms with E-state index in [0.717, 1.165) is 50.5 Å². The zero-order chi connectivity index (χ0) is 28.1. The first-order valence-electron chi connectivity index (χ1n) is 15.4. The average molecular weight is 528 g/mol. The summed E-state index contributed by atoms with van der Waals surface area (Å²) in [7, 11) is 0. The number of rotatable bonds is 4. The summed E-state index contributed by atoms with van der Waals surface area (Å²) in [6.07, 6.45) is 8.30. The Morgan fingerprint density at radius 1 is 0.974 bits per heavy atom. The van der Waals surface area contributed by atoms with Crippen molar-refractivity contribution in [2.45, 2.75) is 125 Å². The van der Waals surface area contributed by atoms with Crippen LogP contribution in [0.15, 0.2) is 11.1 Å². The number of nitrogens with two attached hydrogens (primary N) is 1. The van der Waals surface area contributed by atoms with E-state index in [9.17, 15) is 14.7 Å². The van der Waals surface area contributed by atoms with Crippen molar-refractivity contribution in [2.75, 3.05) is 6.54 Å². The summed E-state index contributed by atoms with van der Waals surface area (Å²) >= 11 is 0. The molecule has 0 aliphatic heterocycles. The number of hydrogen-bond acceptors (Lipinski definition) is 5. The molecule has 0 aromatic carbocycles. The van der Waals surface area contributed by atoms with Crippen molar-refractivity contribution in [3.63, 3.8) is 0 Å². The van der Waals surface area contributed by atoms with Crippen LogP contribution in [0.2, 0.25) is 0 Å². The molecular weight excluding hydrogens is 474 g/mol. The molecule has 4 saturated carbocycles. The SMILES string of the molecule is CC(=O)O[C@H]1CC[C@]2(C)[C@H]3CC[C@@H]4C5=C(C(C)C)C(=O)C[C@]5([C@H](O)CN)CC[C@@]4(C)[C@]3(C)CC[C@H]2C1(C)C. The number of allylic oxidation sites excluding steroid dienone is 1. The van der Waals surface area contributed by atoms with E-state index in [1.807, 2.05) is 0 Å². The second kappa shape index (κ2) is 8.90. The molecule has 5 aliphatic carbocycles. The van der Waals surface area contributed by atoms with E-state index >= 15 is 0 Å². The second-order valence-electron chi connectivity index (χ2n) is 15.6. The number of Topliss-reactive ketones (excluding diaryl/α,β-unsaturated/α-hetero) is 1. The highest BCUT2D eigenvalue weighted by Gasteiger charge is 2.70. The summed E-state index contributed by atoms with van der Waals surface area (Å²) in [5.74, 6) is 1.70. The molecule has 4 fully saturated rings. The van der Waals surface area contributed by atoms with Gasteiger partial charge in [-0.1, -0.05) is 54.0 Å². The maximum absolute atomic E-state index is 13.5. The quantitative estimate of drug-likeness (QED) is 0.424. The first kappa shape index (κ1) is 28.3. The Bertz CT molecular complexity index is 1050. The van der Waals surface area contributed by atoms with Gasteiger partial charge in [0.2, 0.25) is 0 Å². The monoisotopic (exact) mass is 527 g/mol. The van der Waals surface area contributed by atoms with Crippen LogP contribution < -0.4 is 5.73 Å². The largest absolute Gasteiger partial charge is 0.462 e. The molecule has 0 aromatic rings. The van der Waals surface area contributed by atoms with E-state index in [1.165, 1.54) is 12.0 Å². The third kappa shape index (κ3) is 3.49. The van der Waals surface area contributed by atoms with Gasteiger partial charge in [-0.3, -0.25) is 9.59 Å². The number of aliphatic hydroxyl groups is 1. The summed E-state index contributed by atoms with van der Waals surface area (Å²) in [4.78, 5) is 25.4. The molecule has 5 nitrogen and oxygen atoms in total. The van der Waals surface area contributed by atoms with Crippen LogP contribution in [0.5, 0.6) is 0 Å². The lowest BCUT2D eigenvalue weighted by molar-refractivity contribution is -0.234. The minimum atomic E-state index is -0.654. The fraction of sp³-hybridized carbons (Fsp3) is 0.879. The Morgan fingerprint density at radius 2 is 1.66 bits per heavy atom. The van der Waals surface area contributed by atoms with Gasteiger partial charge in [-0.25, -0.2) is 0 Å². The molecule has 5 rings (SSSR count). The lowest BCUT2D eigenvalue weighted by atomic mass is 9.33. The Hall–Kier alpha value is -1.20. The maximum atomic E-state index is 13.5. The van der Waals surface area contributed by atoms with Crippen molar-refractivity contribution >= 4 is 11.8 Å². The van der Waals surface area contributed by atoms with Crippen LogP contribution in [0.3, 0.4) is 0 Å². The van der Waals surface area contributed by atoms with Gasteiger partial charge in [0.15, 0.2) is 5.78 Å². The zero-order valence-electron chi connectivity index (χ0n) is 25.3. The van der Waals surface area contributed by atoms with Gasteiger partial charge in [-0.05, 0) is 96.9 Å². The second-order valence-corrected chi connectivity index (χ2v) is 15.6. The molecule has 0 heterocycles. The summed E-state index contributed by atoms with van der Waals surface area (Å²) in [5, 5.41) is 11.3. The number of esters is 1. The summed E-state index contributed by atoms with van der Waals surface area (Å²) in [5.41, 5.74) is 8.34. The molecule has 5 aliphatic rings. The molecule has 3 N–H and O–H groups in total. The molecule has 5 heteroatoms. The van der Waals surface area contributed by atoms with Gasteiger partial charge in [-0.2, -0.15) is 0 Å². The molecule has 0 bridgehead atoms. The highest BCUT2D eigenvalue weighted by molar-refractivity contribution is 6.00. The predicted molar refractivity (Wildman–Crippen MR) is 150 cm³/mol. The minimum absolute atomic E-state index is 0.00865. The molecule has 9 atom stereocenters. The Morgan fingerprint density at radius 3 is 2.26 bits per heavy atom. The Balaban J connectivity index is 1.57. The fourth-order valence-corrected chi connectivity index (χ4v) is 11.7. The van der Waals surface area contributed by atoms with E-state index in [0.29, 0.717) is 24.2 Å². The summed E-state index contributed by atoms with van der Waals surface area (Å²) < 4.78 is 5.89. The average Bonchev–Trinajstić information content (AvgIpc) is 3.14. The fourth-order valence-electron chi connectivity index (χ4n) is 11.7. The Labute approximate surface area is 230 Å². The van der Waals surface area contributed by atoms with Gasteiger partial charge in [0, 0.05) is 30.7 Å². The number of aliphatic hydroxyl groups excluding tert-OH is 1. The molecule has 0 spiro atoms. The molecule has 38 heavy (non-hydrogen) atoms. The summed E-state index contributed by atoms with van der Waals surface area (Å²) in [6, 6.07) is 0. The van der Waals surface area contributed by atoms with Crippen LogP contribution in [-0.2, 0) is 14.3 Å². The van der Waals surface area contributed by atoms with Crippen LogP contribution in [-0.4, -0.2) is 35.6 Å². The van der Waals surface area contributed by atoms with Gasteiger partial charge >= 0.3 is 5.97 Å². The lowest BCUT2D eigenvalue weighted by Crippen LogP contribution is -2.66. The van der Waals surface area contributed by atoms with Crippen molar-refractivity contribution in [1.29, 1.82) is 0 Å². The van der Waals surface area contributed by atoms with Crippen molar-refractivity contribution in [1.82, 2.24) is 0 Å². The Kier molecular flexibility index (Phi) is 6.63. The van der Waals surface area contributed by atoms with Crippen LogP contribution in [0.4, 0.5) is 0 Å². The highest BCUT2D eigenvalue weighted by Crippen LogP contribution is 2.77. The number of carbonyl (C=O) groups excluding carboxylic acids is 2. The standard InChI is InChI=1S/C33H53NO4/c1-19(2)27-22(36)17-33(25(37)18-34)16-15-31(7)21(28(27)33)9-10-24-30(6)13-12-26(38-20(3)35)29(4,5)23(30)11-14-32(24,31)8/h19,21,23-26,37H,9-18,34H2,1-8H3/t21-,23+,24-,25-,26+,30+,31-,32-,33+/m1/s1. The minimum Gasteiger partial charge on any atom is -0.462 e. The van der Waals surface area contributed by atoms with Gasteiger partial charge in [0.05, 0.1) is 6.10 Å². The highest BCUT2D eigenvalue weighted by atomic mass is 16.5. The number of carbonyl (C=O) groups is 2. The van der Waals surface area contributed by atoms with Crippen LogP contribution >= 0.6 is 0 Å². The molecule has 0 amide bonds. The van der Waals surface area contributed by atoms with Crippen molar-refractivity contribution in [3.05, 3.63) is 11.1 Å². The summed E-state index contributed by atoms with van der Waals surface area (Å²) in [6.45, 7) is 18.4. The third-order valence-corrected chi connectivity index (χ3v) is 13.6. The molecule has 0 saturated heterocycles. The molecule has 0 aromatic heterocycles. The van der Waals surface area contributed by atoms with E-state index in [4.69, 9.17) is 10.5 Å². The number of ether oxygens (including phenoxy) is 1. The number of fused-ring (bicyclic) bond motifs is 7. The van der Waals surface area contributed by atoms with E-state index in [-0.39, 0.29) is 52.0 Å². The van der Waals surface area contributed by atoms with Crippen LogP contribution in [0.1, 0.15) is 113 Å². The van der Waals surface area contributed by atoms with E-state index in [2.05, 4.69) is 48.5 Å². The van der Waals surface area contributed by atoms with Gasteiger partial charge in [0.25, 0.3) is 0 Å². The predicted octanol–water partition coefficient (Wildman–Crippen LogP) is 6.22. The molecule has 0 radical (unpaired) electrons. The number of hydrogen-bond donors (Lipinski definition) is 2. The first-order valence-corrected chi connectivity index (χ1v) is 15.4. The van der Waals surface area contributed by atoms with Crippen molar-refractivity contribution < 1.29 is 19.4 Å². The maximum Gasteiger partial charge on any atom is 0.302 e. The topological polar surface area (TPSA) is 89.6 Å². The molecular formula is C33H53NO4.